The summed E-state index contributed by atoms with van der Waals surface area (Å²) in [6, 6.07) is 7.77. The highest BCUT2D eigenvalue weighted by Crippen LogP contribution is 2.17. The Morgan fingerprint density at radius 2 is 1.93 bits per heavy atom. The van der Waals surface area contributed by atoms with Crippen LogP contribution in [0.2, 0.25) is 0 Å². The van der Waals surface area contributed by atoms with Crippen molar-refractivity contribution in [2.45, 2.75) is 28.3 Å². The Hall–Kier alpha value is -2.83. The van der Waals surface area contributed by atoms with E-state index in [1.165, 1.54) is 18.1 Å². The number of aromatic amines is 1. The zero-order valence-corrected chi connectivity index (χ0v) is 16.5. The van der Waals surface area contributed by atoms with E-state index in [1.807, 2.05) is 0 Å². The van der Waals surface area contributed by atoms with Crippen molar-refractivity contribution in [1.82, 2.24) is 24.9 Å². The molecule has 0 amide bonds. The lowest BCUT2D eigenvalue weighted by Gasteiger charge is -2.15. The van der Waals surface area contributed by atoms with Gasteiger partial charge in [-0.05, 0) is 36.4 Å². The summed E-state index contributed by atoms with van der Waals surface area (Å²) in [6.45, 7) is 0. The second-order valence-electron chi connectivity index (χ2n) is 5.87. The monoisotopic (exact) mass is 437 g/mol. The van der Waals surface area contributed by atoms with Crippen molar-refractivity contribution in [2.75, 3.05) is 0 Å². The number of hydrogen-bond donors (Lipinski definition) is 3. The number of pyridine rings is 1. The van der Waals surface area contributed by atoms with Gasteiger partial charge in [0.15, 0.2) is 5.16 Å². The summed E-state index contributed by atoms with van der Waals surface area (Å²) in [5.74, 6) is -1.47. The minimum absolute atomic E-state index is 0.156. The maximum atomic E-state index is 13.0. The van der Waals surface area contributed by atoms with Gasteiger partial charge in [0.05, 0.1) is 10.6 Å². The lowest BCUT2D eigenvalue weighted by molar-refractivity contribution is -0.138. The van der Waals surface area contributed by atoms with Gasteiger partial charge in [0.2, 0.25) is 10.0 Å². The lowest BCUT2D eigenvalue weighted by Crippen LogP contribution is -2.42. The zero-order chi connectivity index (χ0) is 20.9. The predicted molar refractivity (Wildman–Crippen MR) is 102 cm³/mol. The average molecular weight is 437 g/mol. The van der Waals surface area contributed by atoms with E-state index >= 15 is 0 Å². The Labute approximate surface area is 169 Å². The van der Waals surface area contributed by atoms with Gasteiger partial charge in [-0.3, -0.25) is 14.9 Å². The van der Waals surface area contributed by atoms with Gasteiger partial charge in [0.1, 0.15) is 18.2 Å². The summed E-state index contributed by atoms with van der Waals surface area (Å²) >= 11 is 1.37. The number of sulfonamides is 1. The molecular weight excluding hydrogens is 421 g/mol. The number of benzene rings is 1. The molecule has 0 saturated heterocycles. The number of aliphatic carboxylic acids is 1. The van der Waals surface area contributed by atoms with Crippen LogP contribution in [-0.2, 0) is 27.0 Å². The van der Waals surface area contributed by atoms with Gasteiger partial charge in [0.25, 0.3) is 0 Å². The van der Waals surface area contributed by atoms with Gasteiger partial charge in [-0.1, -0.05) is 17.8 Å². The second kappa shape index (κ2) is 9.11. The molecule has 0 fully saturated rings. The van der Waals surface area contributed by atoms with E-state index in [0.717, 1.165) is 24.3 Å². The number of nitrogens with zero attached hydrogens (tertiary/aromatic N) is 3. The van der Waals surface area contributed by atoms with Crippen molar-refractivity contribution in [3.8, 4) is 0 Å². The summed E-state index contributed by atoms with van der Waals surface area (Å²) in [5, 5.41) is 16.5. The van der Waals surface area contributed by atoms with E-state index in [0.29, 0.717) is 22.3 Å². The van der Waals surface area contributed by atoms with Gasteiger partial charge < -0.3 is 5.11 Å². The molecule has 9 nitrogen and oxygen atoms in total. The van der Waals surface area contributed by atoms with E-state index in [4.69, 9.17) is 0 Å². The van der Waals surface area contributed by atoms with Crippen LogP contribution in [0.4, 0.5) is 4.39 Å². The van der Waals surface area contributed by atoms with Crippen LogP contribution in [-0.4, -0.2) is 45.7 Å². The first-order valence-corrected chi connectivity index (χ1v) is 10.7. The quantitative estimate of drug-likeness (QED) is 0.429. The minimum Gasteiger partial charge on any atom is -0.480 e. The Balaban J connectivity index is 1.71. The number of carboxylic acid groups (broad SMARTS) is 1. The first kappa shape index (κ1) is 20.9. The Bertz CT molecular complexity index is 1080. The van der Waals surface area contributed by atoms with Crippen LogP contribution < -0.4 is 4.72 Å². The normalized spacial score (nSPS) is 12.6. The van der Waals surface area contributed by atoms with Gasteiger partial charge in [-0.15, -0.1) is 0 Å². The summed E-state index contributed by atoms with van der Waals surface area (Å²) < 4.78 is 40.0. The molecule has 1 unspecified atom stereocenters. The van der Waals surface area contributed by atoms with Crippen molar-refractivity contribution in [3.63, 3.8) is 0 Å². The molecule has 0 bridgehead atoms. The Kier molecular flexibility index (Phi) is 6.56. The molecule has 0 aliphatic carbocycles. The topological polar surface area (TPSA) is 138 Å². The Morgan fingerprint density at radius 1 is 1.21 bits per heavy atom. The molecule has 0 spiro atoms. The third-order valence-electron chi connectivity index (χ3n) is 3.75. The fourth-order valence-corrected chi connectivity index (χ4v) is 4.26. The molecule has 2 aromatic heterocycles. The lowest BCUT2D eigenvalue weighted by atomic mass is 10.1. The molecule has 29 heavy (non-hydrogen) atoms. The van der Waals surface area contributed by atoms with Crippen LogP contribution in [0.15, 0.2) is 58.8 Å². The summed E-state index contributed by atoms with van der Waals surface area (Å²) in [4.78, 5) is 19.7. The van der Waals surface area contributed by atoms with Gasteiger partial charge in [-0.25, -0.2) is 17.8 Å². The fourth-order valence-electron chi connectivity index (χ4n) is 2.39. The third kappa shape index (κ3) is 5.82. The number of rotatable bonds is 9. The van der Waals surface area contributed by atoms with Crippen molar-refractivity contribution in [1.29, 1.82) is 0 Å². The largest absolute Gasteiger partial charge is 0.480 e. The molecule has 3 rings (SSSR count). The van der Waals surface area contributed by atoms with E-state index in [-0.39, 0.29) is 11.3 Å². The van der Waals surface area contributed by atoms with E-state index < -0.39 is 27.9 Å². The smallest absolute Gasteiger partial charge is 0.322 e. The molecule has 3 N–H and O–H groups in total. The van der Waals surface area contributed by atoms with Crippen molar-refractivity contribution in [2.24, 2.45) is 0 Å². The van der Waals surface area contributed by atoms with Crippen molar-refractivity contribution in [3.05, 3.63) is 66.0 Å². The van der Waals surface area contributed by atoms with Crippen LogP contribution in [0, 0.1) is 5.82 Å². The molecule has 1 aromatic carbocycles. The summed E-state index contributed by atoms with van der Waals surface area (Å²) in [6.07, 6.45) is 1.23. The predicted octanol–water partition coefficient (Wildman–Crippen LogP) is 1.61. The number of hydrogen-bond acceptors (Lipinski definition) is 7. The van der Waals surface area contributed by atoms with Crippen molar-refractivity contribution >= 4 is 27.8 Å². The molecule has 0 saturated carbocycles. The molecule has 0 aliphatic rings. The number of carbonyl (C=O) groups is 1. The number of thioether (sulfide) groups is 1. The van der Waals surface area contributed by atoms with Gasteiger partial charge in [-0.2, -0.15) is 9.82 Å². The number of aromatic nitrogens is 4. The molecule has 152 valence electrons. The van der Waals surface area contributed by atoms with E-state index in [1.54, 1.807) is 18.2 Å². The first-order valence-electron chi connectivity index (χ1n) is 8.27. The van der Waals surface area contributed by atoms with Crippen LogP contribution in [0.5, 0.6) is 0 Å². The highest BCUT2D eigenvalue weighted by atomic mass is 32.2. The zero-order valence-electron chi connectivity index (χ0n) is 14.8. The van der Waals surface area contributed by atoms with Crippen LogP contribution in [0.25, 0.3) is 0 Å². The molecule has 3 aromatic rings. The van der Waals surface area contributed by atoms with E-state index in [2.05, 4.69) is 24.9 Å². The molecule has 12 heteroatoms. The van der Waals surface area contributed by atoms with Gasteiger partial charge in [0, 0.05) is 17.9 Å². The standard InChI is InChI=1S/C17H16FN5O4S2/c18-11-4-6-14(7-5-11)29(26,27)23-15(16(24)25)8-12-2-1-3-13(21-12)9-28-17-19-10-20-22-17/h1-7,10,15,23H,8-9H2,(H,24,25)(H,19,20,22). The fraction of sp³-hybridized carbons (Fsp3) is 0.176. The molecule has 0 radical (unpaired) electrons. The number of nitrogens with one attached hydrogen (secondary N) is 2. The highest BCUT2D eigenvalue weighted by Gasteiger charge is 2.26. The van der Waals surface area contributed by atoms with E-state index in [9.17, 15) is 22.7 Å². The number of carboxylic acids is 1. The SMILES string of the molecule is O=C(O)C(Cc1cccc(CSc2ncn[nH]2)n1)NS(=O)(=O)c1ccc(F)cc1. The Morgan fingerprint density at radius 3 is 2.59 bits per heavy atom. The maximum absolute atomic E-state index is 13.0. The van der Waals surface area contributed by atoms with Crippen LogP contribution in [0.1, 0.15) is 11.4 Å². The third-order valence-corrected chi connectivity index (χ3v) is 6.14. The summed E-state index contributed by atoms with van der Waals surface area (Å²) in [5.41, 5.74) is 1.09. The van der Waals surface area contributed by atoms with Crippen molar-refractivity contribution < 1.29 is 22.7 Å². The molecule has 2 heterocycles. The minimum atomic E-state index is -4.14. The molecular formula is C17H16FN5O4S2. The second-order valence-corrected chi connectivity index (χ2v) is 8.55. The maximum Gasteiger partial charge on any atom is 0.322 e. The first-order chi connectivity index (χ1) is 13.8. The average Bonchev–Trinajstić information content (AvgIpc) is 3.20. The highest BCUT2D eigenvalue weighted by molar-refractivity contribution is 7.98. The van der Waals surface area contributed by atoms with Crippen LogP contribution in [0.3, 0.4) is 0 Å². The van der Waals surface area contributed by atoms with Crippen LogP contribution >= 0.6 is 11.8 Å². The molecule has 1 atom stereocenters. The summed E-state index contributed by atoms with van der Waals surface area (Å²) in [7, 11) is -4.14. The number of halogens is 1. The number of H-pyrrole nitrogens is 1. The molecule has 0 aliphatic heterocycles. The van der Waals surface area contributed by atoms with Gasteiger partial charge >= 0.3 is 5.97 Å².